The van der Waals surface area contributed by atoms with Crippen molar-refractivity contribution in [2.75, 3.05) is 6.61 Å². The first kappa shape index (κ1) is 30.9. The van der Waals surface area contributed by atoms with Gasteiger partial charge in [-0.3, -0.25) is 4.79 Å². The van der Waals surface area contributed by atoms with Crippen molar-refractivity contribution >= 4 is 5.97 Å². The molecule has 2 atom stereocenters. The van der Waals surface area contributed by atoms with Gasteiger partial charge in [-0.2, -0.15) is 0 Å². The fourth-order valence-corrected chi connectivity index (χ4v) is 6.26. The Labute approximate surface area is 247 Å². The number of fused-ring (bicyclic) bond motifs is 1. The summed E-state index contributed by atoms with van der Waals surface area (Å²) in [7, 11) is 1.96. The van der Waals surface area contributed by atoms with Gasteiger partial charge in [0.15, 0.2) is 0 Å². The zero-order chi connectivity index (χ0) is 29.8. The van der Waals surface area contributed by atoms with Crippen molar-refractivity contribution in [3.05, 3.63) is 82.4 Å². The number of esters is 1. The van der Waals surface area contributed by atoms with Crippen LogP contribution in [0.15, 0.2) is 48.8 Å². The van der Waals surface area contributed by atoms with Gasteiger partial charge in [0.25, 0.3) is 0 Å². The Morgan fingerprint density at radius 2 is 1.76 bits per heavy atom. The summed E-state index contributed by atoms with van der Waals surface area (Å²) in [6.07, 6.45) is 10.1. The van der Waals surface area contributed by atoms with E-state index in [0.29, 0.717) is 19.1 Å². The molecule has 1 fully saturated rings. The molecule has 1 saturated carbocycles. The molecule has 3 aromatic rings. The van der Waals surface area contributed by atoms with E-state index in [1.807, 2.05) is 50.7 Å². The van der Waals surface area contributed by atoms with Gasteiger partial charge < -0.3 is 14.0 Å². The number of hydrogen-bond donors (Lipinski definition) is 0. The summed E-state index contributed by atoms with van der Waals surface area (Å²) in [5, 5.41) is 0. The van der Waals surface area contributed by atoms with Crippen LogP contribution in [-0.2, 0) is 34.0 Å². The fraction of sp³-hybridized carbons (Fsp3) is 0.556. The van der Waals surface area contributed by atoms with Crippen LogP contribution in [0.25, 0.3) is 0 Å². The highest BCUT2D eigenvalue weighted by Crippen LogP contribution is 2.51. The predicted octanol–water partition coefficient (Wildman–Crippen LogP) is 8.73. The van der Waals surface area contributed by atoms with E-state index >= 15 is 0 Å². The standard InChI is InChI=1S/C34H44N2O3.C2H6/c1-7-34(5)16-15-33(3,4)29-19-25(27(20-30(29)34)23-9-10-23)22-39-26-13-11-24(12-14-26)28(21-31(37)38-8-2)32-35-17-18-36(32)6;1-2/h11-14,17-20,23,28H,7-10,15-16,21-22H2,1-6H3;1-2H3. The quantitative estimate of drug-likeness (QED) is 0.234. The van der Waals surface area contributed by atoms with Crippen molar-refractivity contribution in [3.63, 3.8) is 0 Å². The molecule has 1 heterocycles. The number of aromatic nitrogens is 2. The zero-order valence-electron chi connectivity index (χ0n) is 26.5. The van der Waals surface area contributed by atoms with E-state index < -0.39 is 0 Å². The van der Waals surface area contributed by atoms with Crippen molar-refractivity contribution in [3.8, 4) is 5.75 Å². The topological polar surface area (TPSA) is 53.4 Å². The number of rotatable bonds is 10. The SMILES string of the molecule is CC.CCOC(=O)CC(c1ccc(OCc2cc3c(cc2C2CC2)C(C)(CC)CCC3(C)C)cc1)c1nccn1C. The molecule has 0 N–H and O–H groups in total. The Bertz CT molecular complexity index is 1320. The Morgan fingerprint density at radius 1 is 1.05 bits per heavy atom. The smallest absolute Gasteiger partial charge is 0.306 e. The summed E-state index contributed by atoms with van der Waals surface area (Å²) >= 11 is 0. The van der Waals surface area contributed by atoms with E-state index in [9.17, 15) is 4.79 Å². The first-order valence-electron chi connectivity index (χ1n) is 15.7. The predicted molar refractivity (Wildman–Crippen MR) is 167 cm³/mol. The monoisotopic (exact) mass is 558 g/mol. The first-order valence-corrected chi connectivity index (χ1v) is 15.7. The molecule has 0 amide bonds. The lowest BCUT2D eigenvalue weighted by atomic mass is 9.61. The zero-order valence-corrected chi connectivity index (χ0v) is 26.5. The molecule has 0 bridgehead atoms. The van der Waals surface area contributed by atoms with Crippen molar-refractivity contribution in [1.29, 1.82) is 0 Å². The van der Waals surface area contributed by atoms with Crippen molar-refractivity contribution < 1.29 is 14.3 Å². The van der Waals surface area contributed by atoms with Gasteiger partial charge in [-0.15, -0.1) is 0 Å². The van der Waals surface area contributed by atoms with E-state index in [-0.39, 0.29) is 29.1 Å². The van der Waals surface area contributed by atoms with Gasteiger partial charge in [-0.25, -0.2) is 4.98 Å². The van der Waals surface area contributed by atoms with Crippen molar-refractivity contribution in [1.82, 2.24) is 9.55 Å². The number of imidazole rings is 1. The van der Waals surface area contributed by atoms with Gasteiger partial charge in [-0.1, -0.05) is 65.8 Å². The minimum atomic E-state index is -0.215. The lowest BCUT2D eigenvalue weighted by Crippen LogP contribution is -2.35. The fourth-order valence-electron chi connectivity index (χ4n) is 6.26. The number of carbonyl (C=O) groups is 1. The third-order valence-electron chi connectivity index (χ3n) is 9.28. The number of carbonyl (C=O) groups excluding carboxylic acids is 1. The minimum absolute atomic E-state index is 0.171. The Morgan fingerprint density at radius 3 is 2.34 bits per heavy atom. The molecule has 0 saturated heterocycles. The second-order valence-electron chi connectivity index (χ2n) is 12.5. The summed E-state index contributed by atoms with van der Waals surface area (Å²) in [6.45, 7) is 16.4. The maximum atomic E-state index is 12.4. The average Bonchev–Trinajstić information content (AvgIpc) is 3.74. The van der Waals surface area contributed by atoms with Gasteiger partial charge in [-0.05, 0) is 95.7 Å². The normalized spacial score (nSPS) is 19.9. The third kappa shape index (κ3) is 6.71. The second kappa shape index (κ2) is 12.8. The highest BCUT2D eigenvalue weighted by molar-refractivity contribution is 5.71. The van der Waals surface area contributed by atoms with E-state index in [1.54, 1.807) is 11.8 Å². The third-order valence-corrected chi connectivity index (χ3v) is 9.28. The van der Waals surface area contributed by atoms with Crippen LogP contribution >= 0.6 is 0 Å². The molecule has 2 aliphatic carbocycles. The van der Waals surface area contributed by atoms with Crippen LogP contribution in [0.4, 0.5) is 0 Å². The highest BCUT2D eigenvalue weighted by atomic mass is 16.5. The van der Waals surface area contributed by atoms with Crippen LogP contribution in [0.3, 0.4) is 0 Å². The number of benzene rings is 2. The molecular formula is C36H50N2O3. The van der Waals surface area contributed by atoms with Gasteiger partial charge in [0, 0.05) is 19.4 Å². The first-order chi connectivity index (χ1) is 19.6. The molecule has 5 nitrogen and oxygen atoms in total. The molecule has 0 spiro atoms. The lowest BCUT2D eigenvalue weighted by Gasteiger charge is -2.44. The molecule has 2 unspecified atom stereocenters. The molecule has 0 aliphatic heterocycles. The molecule has 5 heteroatoms. The second-order valence-corrected chi connectivity index (χ2v) is 12.5. The largest absolute Gasteiger partial charge is 0.489 e. The molecule has 5 rings (SSSR count). The van der Waals surface area contributed by atoms with Crippen LogP contribution in [0.2, 0.25) is 0 Å². The highest BCUT2D eigenvalue weighted by Gasteiger charge is 2.40. The van der Waals surface area contributed by atoms with Crippen LogP contribution in [0.1, 0.15) is 132 Å². The summed E-state index contributed by atoms with van der Waals surface area (Å²) in [5.41, 5.74) is 7.37. The van der Waals surface area contributed by atoms with Gasteiger partial charge in [0.05, 0.1) is 18.9 Å². The Kier molecular flexibility index (Phi) is 9.66. The van der Waals surface area contributed by atoms with E-state index in [0.717, 1.165) is 17.1 Å². The average molecular weight is 559 g/mol. The molecule has 0 radical (unpaired) electrons. The molecule has 2 aromatic carbocycles. The van der Waals surface area contributed by atoms with Crippen molar-refractivity contribution in [2.45, 2.75) is 116 Å². The number of ether oxygens (including phenoxy) is 2. The maximum Gasteiger partial charge on any atom is 0.306 e. The molecule has 41 heavy (non-hydrogen) atoms. The van der Waals surface area contributed by atoms with E-state index in [2.05, 4.69) is 56.9 Å². The lowest BCUT2D eigenvalue weighted by molar-refractivity contribution is -0.143. The number of hydrogen-bond acceptors (Lipinski definition) is 4. The number of nitrogens with zero attached hydrogens (tertiary/aromatic N) is 2. The molecular weight excluding hydrogens is 508 g/mol. The van der Waals surface area contributed by atoms with Crippen molar-refractivity contribution in [2.24, 2.45) is 7.05 Å². The minimum Gasteiger partial charge on any atom is -0.489 e. The summed E-state index contributed by atoms with van der Waals surface area (Å²) in [5.74, 6) is 1.97. The van der Waals surface area contributed by atoms with E-state index in [1.165, 1.54) is 48.8 Å². The maximum absolute atomic E-state index is 12.4. The summed E-state index contributed by atoms with van der Waals surface area (Å²) < 4.78 is 13.6. The molecule has 222 valence electrons. The summed E-state index contributed by atoms with van der Waals surface area (Å²) in [4.78, 5) is 16.9. The Hall–Kier alpha value is -3.08. The van der Waals surface area contributed by atoms with Crippen LogP contribution in [-0.4, -0.2) is 22.1 Å². The number of aryl methyl sites for hydroxylation is 1. The van der Waals surface area contributed by atoms with Gasteiger partial charge in [0.1, 0.15) is 18.2 Å². The molecule has 2 aliphatic rings. The van der Waals surface area contributed by atoms with Gasteiger partial charge >= 0.3 is 5.97 Å². The summed E-state index contributed by atoms with van der Waals surface area (Å²) in [6, 6.07) is 13.2. The Balaban J connectivity index is 0.00000189. The van der Waals surface area contributed by atoms with Crippen LogP contribution in [0, 0.1) is 0 Å². The molecule has 1 aromatic heterocycles. The van der Waals surface area contributed by atoms with Gasteiger partial charge in [0.2, 0.25) is 0 Å². The van der Waals surface area contributed by atoms with E-state index in [4.69, 9.17) is 9.47 Å². The van der Waals surface area contributed by atoms with Crippen LogP contribution in [0.5, 0.6) is 5.75 Å². The van der Waals surface area contributed by atoms with Crippen LogP contribution < -0.4 is 4.74 Å².